The average Bonchev–Trinajstić information content (AvgIpc) is 2.71. The van der Waals surface area contributed by atoms with Gasteiger partial charge >= 0.3 is 0 Å². The molecule has 3 nitrogen and oxygen atoms in total. The Morgan fingerprint density at radius 1 is 0.654 bits per heavy atom. The van der Waals surface area contributed by atoms with Gasteiger partial charge in [0.15, 0.2) is 0 Å². The van der Waals surface area contributed by atoms with Gasteiger partial charge in [0.25, 0.3) is 0 Å². The number of hydrogen-bond donors (Lipinski definition) is 0. The topological polar surface area (TPSA) is 25.4 Å². The molecule has 3 aromatic carbocycles. The number of rotatable bonds is 5. The molecule has 0 aliphatic carbocycles. The number of pyridine rings is 1. The lowest BCUT2D eigenvalue weighted by molar-refractivity contribution is 0.463. The van der Waals surface area contributed by atoms with E-state index in [1.165, 1.54) is 0 Å². The molecule has 126 valence electrons. The molecule has 1 heterocycles. The molecule has 4 aromatic rings. The number of ether oxygens (including phenoxy) is 1. The molecule has 0 fully saturated rings. The minimum atomic E-state index is 0.475. The zero-order valence-electron chi connectivity index (χ0n) is 15.1. The first-order valence-electron chi connectivity index (χ1n) is 8.90. The number of aromatic nitrogens is 1. The second-order valence-electron chi connectivity index (χ2n) is 5.70. The van der Waals surface area contributed by atoms with Crippen molar-refractivity contribution in [3.05, 3.63) is 109 Å². The molecule has 0 unspecified atom stereocenters. The summed E-state index contributed by atoms with van der Waals surface area (Å²) in [5.41, 5.74) is 2.95. The monoisotopic (exact) mass is 340 g/mol. The Morgan fingerprint density at radius 3 is 2.00 bits per heavy atom. The van der Waals surface area contributed by atoms with Crippen LogP contribution < -0.4 is 9.64 Å². The number of nitrogens with zero attached hydrogens (tertiary/aromatic N) is 2. The maximum Gasteiger partial charge on any atom is 0.219 e. The summed E-state index contributed by atoms with van der Waals surface area (Å²) in [6, 6.07) is 31.5. The van der Waals surface area contributed by atoms with Gasteiger partial charge in [-0.15, -0.1) is 0 Å². The first-order valence-corrected chi connectivity index (χ1v) is 8.40. The van der Waals surface area contributed by atoms with Gasteiger partial charge in [0.05, 0.1) is 1.37 Å². The predicted molar refractivity (Wildman–Crippen MR) is 105 cm³/mol. The number of para-hydroxylation sites is 2. The van der Waals surface area contributed by atoms with E-state index in [2.05, 4.69) is 22.0 Å². The standard InChI is InChI=1S/C23H18N2O/c1-3-9-19(10-4-1)25(20-11-5-2-6-12-20)21-14-16-22(17-15-21)26-23-13-7-8-18-24-23/h1-18H/i3T. The Balaban J connectivity index is 1.68. The van der Waals surface area contributed by atoms with Crippen LogP contribution >= 0.6 is 0 Å². The average molecular weight is 340 g/mol. The van der Waals surface area contributed by atoms with Crippen molar-refractivity contribution in [2.24, 2.45) is 0 Å². The Morgan fingerprint density at radius 2 is 1.31 bits per heavy atom. The molecule has 0 amide bonds. The van der Waals surface area contributed by atoms with E-state index in [0.29, 0.717) is 11.9 Å². The van der Waals surface area contributed by atoms with Crippen LogP contribution in [0.1, 0.15) is 1.37 Å². The molecule has 0 spiro atoms. The molecule has 0 atom stereocenters. The maximum absolute atomic E-state index is 7.96. The second kappa shape index (κ2) is 7.53. The van der Waals surface area contributed by atoms with Crippen LogP contribution in [0.2, 0.25) is 0 Å². The molecule has 3 heteroatoms. The molecule has 0 saturated heterocycles. The third-order valence-electron chi connectivity index (χ3n) is 3.92. The van der Waals surface area contributed by atoms with Crippen molar-refractivity contribution in [2.75, 3.05) is 4.90 Å². The van der Waals surface area contributed by atoms with Gasteiger partial charge in [-0.2, -0.15) is 0 Å². The number of anilines is 3. The molecule has 0 aliphatic rings. The van der Waals surface area contributed by atoms with Crippen molar-refractivity contribution >= 4 is 17.1 Å². The number of hydrogen-bond acceptors (Lipinski definition) is 3. The highest BCUT2D eigenvalue weighted by Crippen LogP contribution is 2.35. The highest BCUT2D eigenvalue weighted by Gasteiger charge is 2.11. The molecule has 26 heavy (non-hydrogen) atoms. The van der Waals surface area contributed by atoms with Crippen LogP contribution in [0.4, 0.5) is 17.1 Å². The molecule has 0 aliphatic heterocycles. The van der Waals surface area contributed by atoms with Gasteiger partial charge in [-0.1, -0.05) is 42.4 Å². The van der Waals surface area contributed by atoms with Gasteiger partial charge in [0.2, 0.25) is 5.88 Å². The molecule has 1 aromatic heterocycles. The van der Waals surface area contributed by atoms with Gasteiger partial charge in [-0.3, -0.25) is 0 Å². The highest BCUT2D eigenvalue weighted by molar-refractivity contribution is 5.76. The van der Waals surface area contributed by atoms with E-state index in [0.717, 1.165) is 22.8 Å². The summed E-state index contributed by atoms with van der Waals surface area (Å²) in [6.45, 7) is 0. The van der Waals surface area contributed by atoms with E-state index in [4.69, 9.17) is 6.11 Å². The summed E-state index contributed by atoms with van der Waals surface area (Å²) < 4.78 is 13.7. The fourth-order valence-corrected chi connectivity index (χ4v) is 2.74. The first-order chi connectivity index (χ1) is 13.3. The van der Waals surface area contributed by atoms with Crippen molar-refractivity contribution in [3.63, 3.8) is 0 Å². The summed E-state index contributed by atoms with van der Waals surface area (Å²) in [4.78, 5) is 6.30. The Bertz CT molecular complexity index is 1010. The molecule has 4 rings (SSSR count). The molecular weight excluding hydrogens is 320 g/mol. The van der Waals surface area contributed by atoms with Crippen LogP contribution in [-0.2, 0) is 0 Å². The summed E-state index contributed by atoms with van der Waals surface area (Å²) in [5.74, 6) is 1.28. The third kappa shape index (κ3) is 3.57. The van der Waals surface area contributed by atoms with Crippen molar-refractivity contribution in [1.82, 2.24) is 4.98 Å². The quantitative estimate of drug-likeness (QED) is 0.423. The second-order valence-corrected chi connectivity index (χ2v) is 5.70. The van der Waals surface area contributed by atoms with Crippen LogP contribution in [0.25, 0.3) is 0 Å². The van der Waals surface area contributed by atoms with Crippen LogP contribution in [0.15, 0.2) is 109 Å². The fraction of sp³-hybridized carbons (Fsp3) is 0. The van der Waals surface area contributed by atoms with E-state index in [9.17, 15) is 0 Å². The van der Waals surface area contributed by atoms with Crippen molar-refractivity contribution in [3.8, 4) is 11.6 Å². The summed E-state index contributed by atoms with van der Waals surface area (Å²) >= 11 is 0. The van der Waals surface area contributed by atoms with E-state index >= 15 is 0 Å². The Kier molecular flexibility index (Phi) is 4.27. The molecule has 0 N–H and O–H groups in total. The van der Waals surface area contributed by atoms with E-state index in [1.54, 1.807) is 12.3 Å². The van der Waals surface area contributed by atoms with Gasteiger partial charge in [-0.25, -0.2) is 4.98 Å². The van der Waals surface area contributed by atoms with Gasteiger partial charge in [-0.05, 0) is 54.6 Å². The van der Waals surface area contributed by atoms with Gasteiger partial charge in [0, 0.05) is 29.3 Å². The molecule has 0 bridgehead atoms. The minimum Gasteiger partial charge on any atom is -0.439 e. The van der Waals surface area contributed by atoms with Gasteiger partial charge < -0.3 is 9.64 Å². The first kappa shape index (κ1) is 14.7. The molecule has 0 radical (unpaired) electrons. The van der Waals surface area contributed by atoms with Crippen LogP contribution in [-0.4, -0.2) is 4.98 Å². The van der Waals surface area contributed by atoms with Crippen LogP contribution in [0.5, 0.6) is 11.6 Å². The largest absolute Gasteiger partial charge is 0.439 e. The zero-order valence-corrected chi connectivity index (χ0v) is 14.1. The summed E-state index contributed by atoms with van der Waals surface area (Å²) in [6.07, 6.45) is 1.70. The lowest BCUT2D eigenvalue weighted by Gasteiger charge is -2.25. The lowest BCUT2D eigenvalue weighted by Crippen LogP contribution is -2.09. The van der Waals surface area contributed by atoms with E-state index < -0.39 is 0 Å². The fourth-order valence-electron chi connectivity index (χ4n) is 2.74. The molecular formula is C23H18N2O. The lowest BCUT2D eigenvalue weighted by atomic mass is 10.2. The summed E-state index contributed by atoms with van der Waals surface area (Å²) in [5, 5.41) is 0. The van der Waals surface area contributed by atoms with E-state index in [-0.39, 0.29) is 0 Å². The van der Waals surface area contributed by atoms with E-state index in [1.807, 2.05) is 78.9 Å². The zero-order chi connectivity index (χ0) is 18.5. The Hall–Kier alpha value is -3.59. The third-order valence-corrected chi connectivity index (χ3v) is 3.92. The Labute approximate surface area is 154 Å². The SMILES string of the molecule is [3H]c1cccc(N(c2ccccc2)c2ccc(Oc3ccccn3)cc2)c1. The maximum atomic E-state index is 7.96. The normalized spacial score (nSPS) is 10.8. The highest BCUT2D eigenvalue weighted by atomic mass is 16.5. The van der Waals surface area contributed by atoms with Crippen molar-refractivity contribution < 1.29 is 6.11 Å². The smallest absolute Gasteiger partial charge is 0.219 e. The predicted octanol–water partition coefficient (Wildman–Crippen LogP) is 6.34. The number of benzene rings is 3. The summed E-state index contributed by atoms with van der Waals surface area (Å²) in [7, 11) is 0. The van der Waals surface area contributed by atoms with Crippen molar-refractivity contribution in [1.29, 1.82) is 0 Å². The minimum absolute atomic E-state index is 0.475. The van der Waals surface area contributed by atoms with Gasteiger partial charge in [0.1, 0.15) is 5.75 Å². The van der Waals surface area contributed by atoms with Crippen LogP contribution in [0, 0.1) is 0 Å². The molecule has 0 saturated carbocycles. The van der Waals surface area contributed by atoms with Crippen LogP contribution in [0.3, 0.4) is 0 Å². The van der Waals surface area contributed by atoms with Crippen molar-refractivity contribution in [2.45, 2.75) is 0 Å².